The maximum atomic E-state index is 11.7. The highest BCUT2D eigenvalue weighted by Crippen LogP contribution is 2.10. The highest BCUT2D eigenvalue weighted by molar-refractivity contribution is 5.78. The fraction of sp³-hybridized carbons (Fsp3) is 0.231. The lowest BCUT2D eigenvalue weighted by Crippen LogP contribution is -2.15. The Balaban J connectivity index is 2.31. The number of aromatic amines is 1. The molecule has 0 bridgehead atoms. The van der Waals surface area contributed by atoms with Crippen molar-refractivity contribution in [3.05, 3.63) is 46.2 Å². The van der Waals surface area contributed by atoms with E-state index >= 15 is 0 Å². The second kappa shape index (κ2) is 4.82. The normalized spacial score (nSPS) is 10.4. The number of pyridine rings is 1. The van der Waals surface area contributed by atoms with Crippen LogP contribution in [0.25, 0.3) is 10.9 Å². The topological polar surface area (TPSA) is 59.2 Å². The molecule has 1 heterocycles. The number of rotatable bonds is 3. The minimum Gasteiger partial charge on any atom is -0.461 e. The van der Waals surface area contributed by atoms with E-state index in [0.29, 0.717) is 12.0 Å². The smallest absolute Gasteiger partial charge is 0.305 e. The third-order valence-corrected chi connectivity index (χ3v) is 2.51. The Labute approximate surface area is 98.2 Å². The van der Waals surface area contributed by atoms with Gasteiger partial charge < -0.3 is 9.72 Å². The SMILES string of the molecule is CCC(=O)OCc1cc2ccccc2[nH]c1=O. The average Bonchev–Trinajstić information content (AvgIpc) is 2.35. The molecular formula is C13H13NO3. The molecule has 2 aromatic rings. The number of H-pyrrole nitrogens is 1. The fourth-order valence-corrected chi connectivity index (χ4v) is 1.56. The summed E-state index contributed by atoms with van der Waals surface area (Å²) in [6.07, 6.45) is 0.311. The zero-order valence-electron chi connectivity index (χ0n) is 9.53. The van der Waals surface area contributed by atoms with Crippen molar-refractivity contribution in [2.75, 3.05) is 0 Å². The van der Waals surface area contributed by atoms with Gasteiger partial charge in [-0.2, -0.15) is 0 Å². The Hall–Kier alpha value is -2.10. The van der Waals surface area contributed by atoms with Crippen molar-refractivity contribution in [2.45, 2.75) is 20.0 Å². The van der Waals surface area contributed by atoms with Crippen LogP contribution in [0.5, 0.6) is 0 Å². The molecule has 1 aromatic heterocycles. The van der Waals surface area contributed by atoms with E-state index in [1.54, 1.807) is 13.0 Å². The van der Waals surface area contributed by atoms with Crippen molar-refractivity contribution in [2.24, 2.45) is 0 Å². The predicted octanol–water partition coefficient (Wildman–Crippen LogP) is 1.98. The van der Waals surface area contributed by atoms with Crippen LogP contribution >= 0.6 is 0 Å². The van der Waals surface area contributed by atoms with Gasteiger partial charge in [-0.3, -0.25) is 9.59 Å². The van der Waals surface area contributed by atoms with Crippen molar-refractivity contribution >= 4 is 16.9 Å². The van der Waals surface area contributed by atoms with Crippen LogP contribution in [-0.2, 0) is 16.1 Å². The Bertz CT molecular complexity index is 601. The van der Waals surface area contributed by atoms with Crippen molar-refractivity contribution in [1.29, 1.82) is 0 Å². The molecule has 0 radical (unpaired) electrons. The van der Waals surface area contributed by atoms with Crippen LogP contribution in [0.3, 0.4) is 0 Å². The minimum atomic E-state index is -0.308. The first-order valence-corrected chi connectivity index (χ1v) is 5.47. The Kier molecular flexibility index (Phi) is 3.23. The zero-order valence-corrected chi connectivity index (χ0v) is 9.53. The minimum absolute atomic E-state index is 0.0207. The number of benzene rings is 1. The zero-order chi connectivity index (χ0) is 12.3. The first-order chi connectivity index (χ1) is 8.20. The third-order valence-electron chi connectivity index (χ3n) is 2.51. The van der Waals surface area contributed by atoms with Crippen molar-refractivity contribution < 1.29 is 9.53 Å². The van der Waals surface area contributed by atoms with Crippen LogP contribution in [0.4, 0.5) is 0 Å². The predicted molar refractivity (Wildman–Crippen MR) is 64.7 cm³/mol. The van der Waals surface area contributed by atoms with Gasteiger partial charge in [0.05, 0.1) is 5.56 Å². The molecular weight excluding hydrogens is 218 g/mol. The van der Waals surface area contributed by atoms with Gasteiger partial charge in [0.15, 0.2) is 0 Å². The largest absolute Gasteiger partial charge is 0.461 e. The van der Waals surface area contributed by atoms with Gasteiger partial charge in [-0.15, -0.1) is 0 Å². The Morgan fingerprint density at radius 3 is 2.88 bits per heavy atom. The van der Waals surface area contributed by atoms with E-state index < -0.39 is 0 Å². The van der Waals surface area contributed by atoms with E-state index in [0.717, 1.165) is 10.9 Å². The number of hydrogen-bond donors (Lipinski definition) is 1. The molecule has 0 saturated carbocycles. The van der Waals surface area contributed by atoms with Crippen molar-refractivity contribution in [3.8, 4) is 0 Å². The molecule has 88 valence electrons. The number of esters is 1. The Morgan fingerprint density at radius 2 is 2.12 bits per heavy atom. The van der Waals surface area contributed by atoms with E-state index in [1.807, 2.05) is 24.3 Å². The summed E-state index contributed by atoms with van der Waals surface area (Å²) in [4.78, 5) is 25.5. The molecule has 2 rings (SSSR count). The number of hydrogen-bond acceptors (Lipinski definition) is 3. The van der Waals surface area contributed by atoms with E-state index in [1.165, 1.54) is 0 Å². The first kappa shape index (κ1) is 11.4. The summed E-state index contributed by atoms with van der Waals surface area (Å²) in [5.74, 6) is -0.308. The number of ether oxygens (including phenoxy) is 1. The molecule has 0 amide bonds. The lowest BCUT2D eigenvalue weighted by molar-refractivity contribution is -0.144. The van der Waals surface area contributed by atoms with E-state index in [4.69, 9.17) is 4.74 Å². The monoisotopic (exact) mass is 231 g/mol. The molecule has 0 aliphatic carbocycles. The van der Waals surface area contributed by atoms with Crippen molar-refractivity contribution in [1.82, 2.24) is 4.98 Å². The standard InChI is InChI=1S/C13H13NO3/c1-2-12(15)17-8-10-7-9-5-3-4-6-11(9)14-13(10)16/h3-7H,2,8H2,1H3,(H,14,16). The molecule has 0 saturated heterocycles. The van der Waals surface area contributed by atoms with Crippen molar-refractivity contribution in [3.63, 3.8) is 0 Å². The molecule has 0 unspecified atom stereocenters. The van der Waals surface area contributed by atoms with Gasteiger partial charge in [-0.25, -0.2) is 0 Å². The van der Waals surface area contributed by atoms with Gasteiger partial charge in [0.25, 0.3) is 5.56 Å². The van der Waals surface area contributed by atoms with Crippen LogP contribution in [0.15, 0.2) is 35.1 Å². The molecule has 1 N–H and O–H groups in total. The number of carbonyl (C=O) groups is 1. The summed E-state index contributed by atoms with van der Waals surface area (Å²) >= 11 is 0. The number of fused-ring (bicyclic) bond motifs is 1. The quantitative estimate of drug-likeness (QED) is 0.822. The van der Waals surface area contributed by atoms with Gasteiger partial charge >= 0.3 is 5.97 Å². The van der Waals surface area contributed by atoms with Gasteiger partial charge in [-0.05, 0) is 17.5 Å². The molecule has 17 heavy (non-hydrogen) atoms. The third kappa shape index (κ3) is 2.53. The number of carbonyl (C=O) groups excluding carboxylic acids is 1. The highest BCUT2D eigenvalue weighted by atomic mass is 16.5. The second-order valence-corrected chi connectivity index (χ2v) is 3.73. The Morgan fingerprint density at radius 1 is 1.35 bits per heavy atom. The summed E-state index contributed by atoms with van der Waals surface area (Å²) in [6, 6.07) is 9.23. The molecule has 0 spiro atoms. The van der Waals surface area contributed by atoms with Crippen LogP contribution < -0.4 is 5.56 Å². The molecule has 0 fully saturated rings. The average molecular weight is 231 g/mol. The maximum absolute atomic E-state index is 11.7. The summed E-state index contributed by atoms with van der Waals surface area (Å²) in [5, 5.41) is 0.926. The second-order valence-electron chi connectivity index (χ2n) is 3.73. The lowest BCUT2D eigenvalue weighted by atomic mass is 10.1. The van der Waals surface area contributed by atoms with Gasteiger partial charge in [0, 0.05) is 11.9 Å². The van der Waals surface area contributed by atoms with E-state index in [9.17, 15) is 9.59 Å². The highest BCUT2D eigenvalue weighted by Gasteiger charge is 2.05. The van der Waals surface area contributed by atoms with Crippen LogP contribution in [0, 0.1) is 0 Å². The summed E-state index contributed by atoms with van der Waals surface area (Å²) in [5.41, 5.74) is 1.03. The maximum Gasteiger partial charge on any atom is 0.305 e. The molecule has 4 heteroatoms. The van der Waals surface area contributed by atoms with Crippen LogP contribution in [-0.4, -0.2) is 11.0 Å². The number of nitrogens with one attached hydrogen (secondary N) is 1. The summed E-state index contributed by atoms with van der Waals surface area (Å²) in [6.45, 7) is 1.74. The lowest BCUT2D eigenvalue weighted by Gasteiger charge is -2.04. The summed E-state index contributed by atoms with van der Waals surface area (Å²) in [7, 11) is 0. The fourth-order valence-electron chi connectivity index (χ4n) is 1.56. The first-order valence-electron chi connectivity index (χ1n) is 5.47. The van der Waals surface area contributed by atoms with Crippen LogP contribution in [0.2, 0.25) is 0 Å². The van der Waals surface area contributed by atoms with Gasteiger partial charge in [0.1, 0.15) is 6.61 Å². The molecule has 4 nitrogen and oxygen atoms in total. The number of para-hydroxylation sites is 1. The van der Waals surface area contributed by atoms with Gasteiger partial charge in [0.2, 0.25) is 0 Å². The van der Waals surface area contributed by atoms with Crippen LogP contribution in [0.1, 0.15) is 18.9 Å². The van der Waals surface area contributed by atoms with E-state index in [-0.39, 0.29) is 18.1 Å². The molecule has 0 atom stereocenters. The van der Waals surface area contributed by atoms with E-state index in [2.05, 4.69) is 4.98 Å². The molecule has 1 aromatic carbocycles. The number of aromatic nitrogens is 1. The summed E-state index contributed by atoms with van der Waals surface area (Å²) < 4.78 is 4.95. The van der Waals surface area contributed by atoms with Gasteiger partial charge in [-0.1, -0.05) is 25.1 Å². The molecule has 0 aliphatic heterocycles. The molecule has 0 aliphatic rings.